The molecule has 33 heavy (non-hydrogen) atoms. The molecule has 0 aliphatic heterocycles. The SMILES string of the molecule is O=C(/C=C/c1ccc(OCc2ccccc2)cc1)c1cc(OCc2ccccc2)ccc1O. The molecule has 0 bridgehead atoms. The van der Waals surface area contributed by atoms with Crippen molar-refractivity contribution < 1.29 is 19.4 Å². The zero-order valence-electron chi connectivity index (χ0n) is 18.1. The highest BCUT2D eigenvalue weighted by atomic mass is 16.5. The molecular weight excluding hydrogens is 412 g/mol. The molecular formula is C29H24O4. The van der Waals surface area contributed by atoms with E-state index in [1.807, 2.05) is 84.9 Å². The number of carbonyl (C=O) groups is 1. The maximum absolute atomic E-state index is 12.7. The average molecular weight is 437 g/mol. The van der Waals surface area contributed by atoms with Crippen molar-refractivity contribution >= 4 is 11.9 Å². The van der Waals surface area contributed by atoms with Crippen molar-refractivity contribution in [3.63, 3.8) is 0 Å². The summed E-state index contributed by atoms with van der Waals surface area (Å²) in [6.45, 7) is 0.879. The Kier molecular flexibility index (Phi) is 7.18. The zero-order chi connectivity index (χ0) is 22.9. The van der Waals surface area contributed by atoms with Crippen LogP contribution in [0.15, 0.2) is 109 Å². The first-order valence-corrected chi connectivity index (χ1v) is 10.7. The van der Waals surface area contributed by atoms with E-state index in [-0.39, 0.29) is 17.1 Å². The molecule has 0 aliphatic carbocycles. The molecule has 0 aromatic heterocycles. The van der Waals surface area contributed by atoms with Crippen molar-refractivity contribution in [2.24, 2.45) is 0 Å². The van der Waals surface area contributed by atoms with Gasteiger partial charge in [-0.15, -0.1) is 0 Å². The fourth-order valence-electron chi connectivity index (χ4n) is 3.22. The van der Waals surface area contributed by atoms with Crippen LogP contribution in [0.5, 0.6) is 17.2 Å². The first-order chi connectivity index (χ1) is 16.2. The molecule has 4 nitrogen and oxygen atoms in total. The van der Waals surface area contributed by atoms with Gasteiger partial charge in [0, 0.05) is 0 Å². The molecule has 4 rings (SSSR count). The lowest BCUT2D eigenvalue weighted by atomic mass is 10.1. The van der Waals surface area contributed by atoms with Crippen LogP contribution in [0.1, 0.15) is 27.0 Å². The Balaban J connectivity index is 1.36. The average Bonchev–Trinajstić information content (AvgIpc) is 2.87. The minimum Gasteiger partial charge on any atom is -0.507 e. The predicted molar refractivity (Wildman–Crippen MR) is 129 cm³/mol. The van der Waals surface area contributed by atoms with E-state index in [1.165, 1.54) is 12.1 Å². The number of hydrogen-bond donors (Lipinski definition) is 1. The van der Waals surface area contributed by atoms with Crippen LogP contribution >= 0.6 is 0 Å². The molecule has 0 aliphatic rings. The van der Waals surface area contributed by atoms with Crippen molar-refractivity contribution in [2.45, 2.75) is 13.2 Å². The summed E-state index contributed by atoms with van der Waals surface area (Å²) in [4.78, 5) is 12.7. The second kappa shape index (κ2) is 10.8. The van der Waals surface area contributed by atoms with Crippen LogP contribution in [0, 0.1) is 0 Å². The Morgan fingerprint density at radius 3 is 1.85 bits per heavy atom. The van der Waals surface area contributed by atoms with Crippen molar-refractivity contribution in [3.8, 4) is 17.2 Å². The fraction of sp³-hybridized carbons (Fsp3) is 0.0690. The molecule has 164 valence electrons. The Labute approximate surface area is 193 Å². The van der Waals surface area contributed by atoms with Gasteiger partial charge in [-0.25, -0.2) is 0 Å². The molecule has 4 aromatic rings. The first-order valence-electron chi connectivity index (χ1n) is 10.7. The smallest absolute Gasteiger partial charge is 0.189 e. The summed E-state index contributed by atoms with van der Waals surface area (Å²) < 4.78 is 11.6. The quantitative estimate of drug-likeness (QED) is 0.242. The molecule has 0 fully saturated rings. The zero-order valence-corrected chi connectivity index (χ0v) is 18.1. The molecule has 4 heteroatoms. The maximum Gasteiger partial charge on any atom is 0.189 e. The van der Waals surface area contributed by atoms with Crippen molar-refractivity contribution in [2.75, 3.05) is 0 Å². The van der Waals surface area contributed by atoms with Crippen LogP contribution in [-0.2, 0) is 13.2 Å². The number of carbonyl (C=O) groups excluding carboxylic acids is 1. The van der Waals surface area contributed by atoms with Gasteiger partial charge in [0.25, 0.3) is 0 Å². The summed E-state index contributed by atoms with van der Waals surface area (Å²) in [5.41, 5.74) is 3.17. The van der Waals surface area contributed by atoms with E-state index in [4.69, 9.17) is 9.47 Å². The van der Waals surface area contributed by atoms with Gasteiger partial charge >= 0.3 is 0 Å². The Bertz CT molecular complexity index is 1210. The van der Waals surface area contributed by atoms with Gasteiger partial charge in [0.2, 0.25) is 0 Å². The molecule has 0 radical (unpaired) electrons. The highest BCUT2D eigenvalue weighted by molar-refractivity contribution is 6.08. The maximum atomic E-state index is 12.7. The third-order valence-electron chi connectivity index (χ3n) is 5.04. The van der Waals surface area contributed by atoms with Crippen LogP contribution in [0.4, 0.5) is 0 Å². The molecule has 0 unspecified atom stereocenters. The van der Waals surface area contributed by atoms with Crippen LogP contribution in [0.2, 0.25) is 0 Å². The third kappa shape index (κ3) is 6.34. The van der Waals surface area contributed by atoms with E-state index >= 15 is 0 Å². The number of allylic oxidation sites excluding steroid dienone is 1. The molecule has 0 spiro atoms. The number of ether oxygens (including phenoxy) is 2. The van der Waals surface area contributed by atoms with Crippen LogP contribution < -0.4 is 9.47 Å². The fourth-order valence-corrected chi connectivity index (χ4v) is 3.22. The first kappa shape index (κ1) is 21.9. The van der Waals surface area contributed by atoms with Crippen molar-refractivity contribution in [1.29, 1.82) is 0 Å². The van der Waals surface area contributed by atoms with Gasteiger partial charge in [-0.1, -0.05) is 78.9 Å². The summed E-state index contributed by atoms with van der Waals surface area (Å²) in [7, 11) is 0. The van der Waals surface area contributed by atoms with E-state index in [0.29, 0.717) is 19.0 Å². The summed E-state index contributed by atoms with van der Waals surface area (Å²) in [6, 6.07) is 31.9. The highest BCUT2D eigenvalue weighted by Crippen LogP contribution is 2.25. The largest absolute Gasteiger partial charge is 0.507 e. The number of rotatable bonds is 9. The van der Waals surface area contributed by atoms with Crippen molar-refractivity contribution in [3.05, 3.63) is 131 Å². The number of phenols is 1. The molecule has 0 saturated carbocycles. The van der Waals surface area contributed by atoms with Crippen LogP contribution in [-0.4, -0.2) is 10.9 Å². The van der Waals surface area contributed by atoms with Gasteiger partial charge in [-0.3, -0.25) is 4.79 Å². The predicted octanol–water partition coefficient (Wildman–Crippen LogP) is 6.45. The Morgan fingerprint density at radius 1 is 0.697 bits per heavy atom. The lowest BCUT2D eigenvalue weighted by Crippen LogP contribution is -1.99. The molecule has 1 N–H and O–H groups in total. The number of benzene rings is 4. The lowest BCUT2D eigenvalue weighted by molar-refractivity contribution is 0.104. The number of phenolic OH excluding ortho intramolecular Hbond substituents is 1. The summed E-state index contributed by atoms with van der Waals surface area (Å²) in [5.74, 6) is 0.889. The minimum atomic E-state index is -0.304. The summed E-state index contributed by atoms with van der Waals surface area (Å²) in [6.07, 6.45) is 3.15. The molecule has 0 atom stereocenters. The topological polar surface area (TPSA) is 55.8 Å². The van der Waals surface area contributed by atoms with Gasteiger partial charge in [0.15, 0.2) is 5.78 Å². The second-order valence-corrected chi connectivity index (χ2v) is 7.49. The molecule has 0 heterocycles. The van der Waals surface area contributed by atoms with E-state index in [9.17, 15) is 9.90 Å². The van der Waals surface area contributed by atoms with Gasteiger partial charge < -0.3 is 14.6 Å². The monoisotopic (exact) mass is 436 g/mol. The third-order valence-corrected chi connectivity index (χ3v) is 5.04. The van der Waals surface area contributed by atoms with Gasteiger partial charge in [0.1, 0.15) is 30.5 Å². The lowest BCUT2D eigenvalue weighted by Gasteiger charge is -2.08. The molecule has 0 amide bonds. The van der Waals surface area contributed by atoms with Gasteiger partial charge in [-0.2, -0.15) is 0 Å². The standard InChI is InChI=1S/C29H24O4/c30-28(27-19-26(16-18-29(27)31)33-21-24-9-5-2-6-10-24)17-13-22-11-14-25(15-12-22)32-20-23-7-3-1-4-8-23/h1-19,31H,20-21H2/b17-13+. The number of hydrogen-bond acceptors (Lipinski definition) is 4. The highest BCUT2D eigenvalue weighted by Gasteiger charge is 2.10. The minimum absolute atomic E-state index is 0.0821. The molecule has 4 aromatic carbocycles. The normalized spacial score (nSPS) is 10.8. The van der Waals surface area contributed by atoms with E-state index in [1.54, 1.807) is 18.2 Å². The molecule has 0 saturated heterocycles. The van der Waals surface area contributed by atoms with E-state index in [2.05, 4.69) is 0 Å². The summed E-state index contributed by atoms with van der Waals surface area (Å²) >= 11 is 0. The Hall–Kier alpha value is -4.31. The van der Waals surface area contributed by atoms with Gasteiger partial charge in [-0.05, 0) is 53.1 Å². The van der Waals surface area contributed by atoms with E-state index in [0.717, 1.165) is 22.4 Å². The van der Waals surface area contributed by atoms with E-state index < -0.39 is 0 Å². The van der Waals surface area contributed by atoms with Crippen molar-refractivity contribution in [1.82, 2.24) is 0 Å². The summed E-state index contributed by atoms with van der Waals surface area (Å²) in [5, 5.41) is 10.2. The Morgan fingerprint density at radius 2 is 1.24 bits per heavy atom. The second-order valence-electron chi connectivity index (χ2n) is 7.49. The number of ketones is 1. The number of aromatic hydroxyl groups is 1. The van der Waals surface area contributed by atoms with Crippen LogP contribution in [0.3, 0.4) is 0 Å². The van der Waals surface area contributed by atoms with Gasteiger partial charge in [0.05, 0.1) is 5.56 Å². The van der Waals surface area contributed by atoms with Crippen LogP contribution in [0.25, 0.3) is 6.08 Å².